The van der Waals surface area contributed by atoms with Gasteiger partial charge < -0.3 is 14.8 Å². The third-order valence-electron chi connectivity index (χ3n) is 5.64. The minimum Gasteiger partial charge on any atom is -0.351 e. The van der Waals surface area contributed by atoms with Crippen LogP contribution in [0.25, 0.3) is 22.6 Å². The van der Waals surface area contributed by atoms with Crippen molar-refractivity contribution in [3.05, 3.63) is 48.2 Å². The molecular formula is C23H30N6O. The first kappa shape index (κ1) is 20.5. The second-order valence-corrected chi connectivity index (χ2v) is 7.91. The molecule has 1 amide bonds. The van der Waals surface area contributed by atoms with Crippen LogP contribution in [0.15, 0.2) is 42.6 Å². The molecule has 0 spiro atoms. The third kappa shape index (κ3) is 4.52. The number of benzene rings is 1. The molecule has 3 heterocycles. The Labute approximate surface area is 177 Å². The summed E-state index contributed by atoms with van der Waals surface area (Å²) in [6.07, 6.45) is 2.78. The molecule has 0 atom stereocenters. The van der Waals surface area contributed by atoms with Gasteiger partial charge in [0, 0.05) is 63.1 Å². The number of likely N-dealkylation sites (N-methyl/N-ethyl adjacent to an activating group) is 1. The van der Waals surface area contributed by atoms with Crippen LogP contribution in [0.3, 0.4) is 0 Å². The van der Waals surface area contributed by atoms with Crippen molar-refractivity contribution in [1.82, 2.24) is 29.7 Å². The largest absolute Gasteiger partial charge is 0.351 e. The van der Waals surface area contributed by atoms with E-state index in [0.717, 1.165) is 68.2 Å². The van der Waals surface area contributed by atoms with E-state index < -0.39 is 0 Å². The predicted molar refractivity (Wildman–Crippen MR) is 120 cm³/mol. The molecular weight excluding hydrogens is 376 g/mol. The number of amides is 1. The summed E-state index contributed by atoms with van der Waals surface area (Å²) in [5, 5.41) is 3.07. The molecule has 3 aromatic rings. The molecule has 2 aromatic heterocycles. The molecule has 4 rings (SSSR count). The summed E-state index contributed by atoms with van der Waals surface area (Å²) in [5.74, 6) is 0.819. The number of carbonyl (C=O) groups excluding carboxylic acids is 1. The van der Waals surface area contributed by atoms with Crippen LogP contribution < -0.4 is 5.32 Å². The summed E-state index contributed by atoms with van der Waals surface area (Å²) >= 11 is 0. The molecule has 0 saturated carbocycles. The van der Waals surface area contributed by atoms with Crippen LogP contribution in [0.5, 0.6) is 0 Å². The normalized spacial score (nSPS) is 15.5. The lowest BCUT2D eigenvalue weighted by Gasteiger charge is -2.32. The highest BCUT2D eigenvalue weighted by atomic mass is 16.1. The molecule has 1 aromatic carbocycles. The van der Waals surface area contributed by atoms with E-state index in [4.69, 9.17) is 4.98 Å². The van der Waals surface area contributed by atoms with Crippen molar-refractivity contribution in [1.29, 1.82) is 0 Å². The molecule has 7 nitrogen and oxygen atoms in total. The Morgan fingerprint density at radius 1 is 1.10 bits per heavy atom. The van der Waals surface area contributed by atoms with Crippen molar-refractivity contribution in [2.45, 2.75) is 19.9 Å². The van der Waals surface area contributed by atoms with Gasteiger partial charge in [0.1, 0.15) is 11.3 Å². The van der Waals surface area contributed by atoms with Gasteiger partial charge in [0.05, 0.1) is 0 Å². The number of fused-ring (bicyclic) bond motifs is 1. The number of piperazine rings is 1. The first-order valence-corrected chi connectivity index (χ1v) is 10.8. The van der Waals surface area contributed by atoms with Crippen LogP contribution in [0, 0.1) is 0 Å². The SMILES string of the molecule is CCCn1c(-c2cccc(C(=O)NCCN3CCN(C)CC3)c2)nc2cccnc21. The highest BCUT2D eigenvalue weighted by molar-refractivity contribution is 5.95. The number of hydrogen-bond donors (Lipinski definition) is 1. The summed E-state index contributed by atoms with van der Waals surface area (Å²) in [5.41, 5.74) is 3.36. The number of aromatic nitrogens is 3. The van der Waals surface area contributed by atoms with Crippen LogP contribution >= 0.6 is 0 Å². The Bertz CT molecular complexity index is 1010. The van der Waals surface area contributed by atoms with Crippen molar-refractivity contribution in [2.75, 3.05) is 46.3 Å². The molecule has 1 aliphatic rings. The molecule has 30 heavy (non-hydrogen) atoms. The van der Waals surface area contributed by atoms with Gasteiger partial charge in [-0.3, -0.25) is 9.69 Å². The third-order valence-corrected chi connectivity index (χ3v) is 5.64. The molecule has 1 fully saturated rings. The quantitative estimate of drug-likeness (QED) is 0.653. The standard InChI is InChI=1S/C23H30N6O/c1-3-11-29-21(26-20-8-5-9-24-22(20)29)18-6-4-7-19(17-18)23(30)25-10-12-28-15-13-27(2)14-16-28/h4-9,17H,3,10-16H2,1-2H3,(H,25,30). The smallest absolute Gasteiger partial charge is 0.251 e. The summed E-state index contributed by atoms with van der Waals surface area (Å²) in [6, 6.07) is 11.6. The van der Waals surface area contributed by atoms with Crippen molar-refractivity contribution in [3.63, 3.8) is 0 Å². The molecule has 1 saturated heterocycles. The highest BCUT2D eigenvalue weighted by Gasteiger charge is 2.16. The summed E-state index contributed by atoms with van der Waals surface area (Å²) in [6.45, 7) is 8.82. The zero-order valence-corrected chi connectivity index (χ0v) is 17.8. The minimum atomic E-state index is -0.0396. The van der Waals surface area contributed by atoms with Crippen molar-refractivity contribution >= 4 is 17.1 Å². The molecule has 0 aliphatic carbocycles. The van der Waals surface area contributed by atoms with Crippen LogP contribution in [0.4, 0.5) is 0 Å². The first-order valence-electron chi connectivity index (χ1n) is 10.8. The van der Waals surface area contributed by atoms with Gasteiger partial charge in [-0.1, -0.05) is 19.1 Å². The summed E-state index contributed by atoms with van der Waals surface area (Å²) in [7, 11) is 2.15. The first-order chi connectivity index (χ1) is 14.7. The number of nitrogens with zero attached hydrogens (tertiary/aromatic N) is 5. The van der Waals surface area contributed by atoms with Gasteiger partial charge in [-0.25, -0.2) is 9.97 Å². The van der Waals surface area contributed by atoms with E-state index in [0.29, 0.717) is 12.1 Å². The summed E-state index contributed by atoms with van der Waals surface area (Å²) < 4.78 is 2.14. The number of pyridine rings is 1. The fourth-order valence-electron chi connectivity index (χ4n) is 3.91. The van der Waals surface area contributed by atoms with Gasteiger partial charge in [0.2, 0.25) is 0 Å². The molecule has 7 heteroatoms. The lowest BCUT2D eigenvalue weighted by Crippen LogP contribution is -2.46. The van der Waals surface area contributed by atoms with E-state index in [1.165, 1.54) is 0 Å². The van der Waals surface area contributed by atoms with E-state index in [1.54, 1.807) is 6.20 Å². The second-order valence-electron chi connectivity index (χ2n) is 7.91. The van der Waals surface area contributed by atoms with Gasteiger partial charge in [0.15, 0.2) is 5.65 Å². The number of rotatable bonds is 7. The Morgan fingerprint density at radius 3 is 2.73 bits per heavy atom. The number of hydrogen-bond acceptors (Lipinski definition) is 5. The van der Waals surface area contributed by atoms with Crippen LogP contribution in [0.2, 0.25) is 0 Å². The zero-order chi connectivity index (χ0) is 20.9. The average molecular weight is 407 g/mol. The van der Waals surface area contributed by atoms with Crippen molar-refractivity contribution in [2.24, 2.45) is 0 Å². The van der Waals surface area contributed by atoms with Gasteiger partial charge in [0.25, 0.3) is 5.91 Å². The minimum absolute atomic E-state index is 0.0396. The van der Waals surface area contributed by atoms with E-state index >= 15 is 0 Å². The van der Waals surface area contributed by atoms with Crippen LogP contribution in [-0.4, -0.2) is 76.6 Å². The van der Waals surface area contributed by atoms with E-state index in [1.807, 2.05) is 36.4 Å². The Morgan fingerprint density at radius 2 is 1.93 bits per heavy atom. The lowest BCUT2D eigenvalue weighted by atomic mass is 10.1. The monoisotopic (exact) mass is 406 g/mol. The molecule has 1 N–H and O–H groups in total. The highest BCUT2D eigenvalue weighted by Crippen LogP contribution is 2.24. The van der Waals surface area contributed by atoms with Crippen LogP contribution in [0.1, 0.15) is 23.7 Å². The second kappa shape index (κ2) is 9.36. The number of carbonyl (C=O) groups is 1. The van der Waals surface area contributed by atoms with Gasteiger partial charge in [-0.15, -0.1) is 0 Å². The lowest BCUT2D eigenvalue weighted by molar-refractivity contribution is 0.0941. The Kier molecular flexibility index (Phi) is 6.40. The summed E-state index contributed by atoms with van der Waals surface area (Å²) in [4.78, 5) is 26.8. The van der Waals surface area contributed by atoms with Gasteiger partial charge in [-0.05, 0) is 37.7 Å². The van der Waals surface area contributed by atoms with E-state index in [-0.39, 0.29) is 5.91 Å². The van der Waals surface area contributed by atoms with Gasteiger partial charge >= 0.3 is 0 Å². The molecule has 0 unspecified atom stereocenters. The topological polar surface area (TPSA) is 66.3 Å². The van der Waals surface area contributed by atoms with E-state index in [9.17, 15) is 4.79 Å². The molecule has 158 valence electrons. The zero-order valence-electron chi connectivity index (χ0n) is 17.8. The van der Waals surface area contributed by atoms with Gasteiger partial charge in [-0.2, -0.15) is 0 Å². The Balaban J connectivity index is 1.47. The maximum absolute atomic E-state index is 12.7. The van der Waals surface area contributed by atoms with Crippen molar-refractivity contribution in [3.8, 4) is 11.4 Å². The molecule has 1 aliphatic heterocycles. The average Bonchev–Trinajstić information content (AvgIpc) is 3.14. The van der Waals surface area contributed by atoms with Crippen molar-refractivity contribution < 1.29 is 4.79 Å². The fourth-order valence-corrected chi connectivity index (χ4v) is 3.91. The van der Waals surface area contributed by atoms with Crippen LogP contribution in [-0.2, 0) is 6.54 Å². The predicted octanol–water partition coefficient (Wildman–Crippen LogP) is 2.49. The Hall–Kier alpha value is -2.77. The molecule has 0 radical (unpaired) electrons. The number of aryl methyl sites for hydroxylation is 1. The fraction of sp³-hybridized carbons (Fsp3) is 0.435. The number of nitrogens with one attached hydrogen (secondary N) is 1. The maximum atomic E-state index is 12.7. The molecule has 0 bridgehead atoms. The van der Waals surface area contributed by atoms with E-state index in [2.05, 4.69) is 38.6 Å². The maximum Gasteiger partial charge on any atom is 0.251 e. The number of imidazole rings is 1.